The molecule has 1 aromatic rings. The third-order valence-corrected chi connectivity index (χ3v) is 4.73. The Hall–Kier alpha value is -1.92. The van der Waals surface area contributed by atoms with Crippen molar-refractivity contribution in [3.05, 3.63) is 24.3 Å². The van der Waals surface area contributed by atoms with Crippen LogP contribution in [0.2, 0.25) is 0 Å². The van der Waals surface area contributed by atoms with Gasteiger partial charge in [-0.3, -0.25) is 14.5 Å². The number of nitrogens with zero attached hydrogens (tertiary/aromatic N) is 3. The summed E-state index contributed by atoms with van der Waals surface area (Å²) in [6.07, 6.45) is 0.266. The van der Waals surface area contributed by atoms with Crippen LogP contribution in [0.25, 0.3) is 0 Å². The Morgan fingerprint density at radius 3 is 2.57 bits per heavy atom. The Balaban J connectivity index is 1.75. The summed E-state index contributed by atoms with van der Waals surface area (Å²) >= 11 is 0. The first-order valence-electron chi connectivity index (χ1n) is 8.11. The number of hydrogen-bond donors (Lipinski definition) is 0. The van der Waals surface area contributed by atoms with Crippen LogP contribution in [-0.4, -0.2) is 67.5 Å². The van der Waals surface area contributed by atoms with Crippen LogP contribution >= 0.6 is 0 Å². The van der Waals surface area contributed by atoms with Crippen LogP contribution in [0.1, 0.15) is 13.3 Å². The van der Waals surface area contributed by atoms with Gasteiger partial charge in [0.15, 0.2) is 0 Å². The molecule has 2 aliphatic heterocycles. The van der Waals surface area contributed by atoms with Gasteiger partial charge < -0.3 is 9.64 Å². The van der Waals surface area contributed by atoms with Crippen molar-refractivity contribution < 1.29 is 14.3 Å². The fourth-order valence-corrected chi connectivity index (χ4v) is 3.31. The lowest BCUT2D eigenvalue weighted by atomic mass is 10.1. The van der Waals surface area contributed by atoms with Gasteiger partial charge in [0.1, 0.15) is 5.75 Å². The third kappa shape index (κ3) is 3.09. The molecule has 0 radical (unpaired) electrons. The second-order valence-electron chi connectivity index (χ2n) is 5.96. The molecule has 0 bridgehead atoms. The molecule has 124 valence electrons. The van der Waals surface area contributed by atoms with Gasteiger partial charge in [-0.1, -0.05) is 13.0 Å². The Labute approximate surface area is 136 Å². The van der Waals surface area contributed by atoms with E-state index < -0.39 is 0 Å². The third-order valence-electron chi connectivity index (χ3n) is 4.73. The minimum atomic E-state index is -0.326. The molecule has 2 aliphatic rings. The van der Waals surface area contributed by atoms with Crippen LogP contribution in [0.4, 0.5) is 5.69 Å². The monoisotopic (exact) mass is 317 g/mol. The van der Waals surface area contributed by atoms with Crippen molar-refractivity contribution in [1.29, 1.82) is 0 Å². The lowest BCUT2D eigenvalue weighted by molar-refractivity contribution is -0.123. The molecule has 3 rings (SSSR count). The SMILES string of the molecule is CCN1CCN(C2CC(=O)N(c3cccc(OC)c3)C2=O)CC1. The number of anilines is 1. The zero-order valence-electron chi connectivity index (χ0n) is 13.7. The molecule has 6 nitrogen and oxygen atoms in total. The quantitative estimate of drug-likeness (QED) is 0.775. The Kier molecular flexibility index (Phi) is 4.63. The summed E-state index contributed by atoms with van der Waals surface area (Å²) in [5.74, 6) is 0.391. The summed E-state index contributed by atoms with van der Waals surface area (Å²) in [6, 6.07) is 6.77. The Morgan fingerprint density at radius 1 is 1.17 bits per heavy atom. The zero-order valence-corrected chi connectivity index (χ0v) is 13.7. The molecule has 2 heterocycles. The highest BCUT2D eigenvalue weighted by molar-refractivity contribution is 6.22. The maximum Gasteiger partial charge on any atom is 0.251 e. The average molecular weight is 317 g/mol. The minimum Gasteiger partial charge on any atom is -0.497 e. The molecule has 0 spiro atoms. The number of benzene rings is 1. The van der Waals surface area contributed by atoms with Gasteiger partial charge >= 0.3 is 0 Å². The number of rotatable bonds is 4. The number of likely N-dealkylation sites (N-methyl/N-ethyl adjacent to an activating group) is 1. The standard InChI is InChI=1S/C17H23N3O3/c1-3-18-7-9-19(10-8-18)15-12-16(21)20(17(15)22)13-5-4-6-14(11-13)23-2/h4-6,11,15H,3,7-10,12H2,1-2H3. The number of methoxy groups -OCH3 is 1. The second-order valence-corrected chi connectivity index (χ2v) is 5.96. The van der Waals surface area contributed by atoms with Gasteiger partial charge in [0, 0.05) is 32.2 Å². The smallest absolute Gasteiger partial charge is 0.251 e. The largest absolute Gasteiger partial charge is 0.497 e. The normalized spacial score (nSPS) is 23.6. The molecule has 0 N–H and O–H groups in total. The van der Waals surface area contributed by atoms with Crippen molar-refractivity contribution in [2.24, 2.45) is 0 Å². The average Bonchev–Trinajstić information content (AvgIpc) is 2.89. The van der Waals surface area contributed by atoms with Crippen LogP contribution in [0, 0.1) is 0 Å². The van der Waals surface area contributed by atoms with Crippen LogP contribution < -0.4 is 9.64 Å². The van der Waals surface area contributed by atoms with Crippen LogP contribution in [0.3, 0.4) is 0 Å². The highest BCUT2D eigenvalue weighted by atomic mass is 16.5. The maximum absolute atomic E-state index is 12.8. The number of amides is 2. The summed E-state index contributed by atoms with van der Waals surface area (Å²) in [7, 11) is 1.57. The van der Waals surface area contributed by atoms with Crippen LogP contribution in [0.5, 0.6) is 5.75 Å². The van der Waals surface area contributed by atoms with Crippen molar-refractivity contribution in [3.8, 4) is 5.75 Å². The highest BCUT2D eigenvalue weighted by Crippen LogP contribution is 2.28. The number of ether oxygens (including phenoxy) is 1. The van der Waals surface area contributed by atoms with Crippen LogP contribution in [0.15, 0.2) is 24.3 Å². The predicted octanol–water partition coefficient (Wildman–Crippen LogP) is 0.965. The summed E-state index contributed by atoms with van der Waals surface area (Å²) in [5.41, 5.74) is 0.592. The highest BCUT2D eigenvalue weighted by Gasteiger charge is 2.43. The Morgan fingerprint density at radius 2 is 1.91 bits per heavy atom. The molecular weight excluding hydrogens is 294 g/mol. The zero-order chi connectivity index (χ0) is 16.4. The van der Waals surface area contributed by atoms with E-state index in [0.717, 1.165) is 32.7 Å². The van der Waals surface area contributed by atoms with E-state index in [9.17, 15) is 9.59 Å². The molecule has 0 aliphatic carbocycles. The van der Waals surface area contributed by atoms with Crippen molar-refractivity contribution in [2.75, 3.05) is 44.7 Å². The summed E-state index contributed by atoms with van der Waals surface area (Å²) in [5, 5.41) is 0. The molecular formula is C17H23N3O3. The van der Waals surface area contributed by atoms with E-state index in [1.807, 2.05) is 0 Å². The molecule has 1 unspecified atom stereocenters. The molecule has 2 fully saturated rings. The van der Waals surface area contributed by atoms with Crippen molar-refractivity contribution in [2.45, 2.75) is 19.4 Å². The van der Waals surface area contributed by atoms with Gasteiger partial charge in [-0.25, -0.2) is 4.90 Å². The van der Waals surface area contributed by atoms with Crippen molar-refractivity contribution in [1.82, 2.24) is 9.80 Å². The van der Waals surface area contributed by atoms with Crippen molar-refractivity contribution >= 4 is 17.5 Å². The van der Waals surface area contributed by atoms with Gasteiger partial charge in [0.2, 0.25) is 5.91 Å². The van der Waals surface area contributed by atoms with E-state index in [2.05, 4.69) is 16.7 Å². The molecule has 2 saturated heterocycles. The molecule has 6 heteroatoms. The topological polar surface area (TPSA) is 53.1 Å². The molecule has 1 atom stereocenters. The predicted molar refractivity (Wildman–Crippen MR) is 87.6 cm³/mol. The Bertz CT molecular complexity index is 597. The first-order valence-corrected chi connectivity index (χ1v) is 8.11. The molecule has 0 aromatic heterocycles. The number of carbonyl (C=O) groups is 2. The van der Waals surface area contributed by atoms with Crippen molar-refractivity contribution in [3.63, 3.8) is 0 Å². The molecule has 0 saturated carbocycles. The number of hydrogen-bond acceptors (Lipinski definition) is 5. The first-order chi connectivity index (χ1) is 11.1. The van der Waals surface area contributed by atoms with Gasteiger partial charge in [-0.15, -0.1) is 0 Å². The fraction of sp³-hybridized carbons (Fsp3) is 0.529. The lowest BCUT2D eigenvalue weighted by Gasteiger charge is -2.36. The number of carbonyl (C=O) groups excluding carboxylic acids is 2. The van der Waals surface area contributed by atoms with Gasteiger partial charge in [-0.2, -0.15) is 0 Å². The maximum atomic E-state index is 12.8. The summed E-state index contributed by atoms with van der Waals surface area (Å²) in [6.45, 7) is 6.75. The molecule has 1 aromatic carbocycles. The summed E-state index contributed by atoms with van der Waals surface area (Å²) < 4.78 is 5.19. The lowest BCUT2D eigenvalue weighted by Crippen LogP contribution is -2.52. The van der Waals surface area contributed by atoms with E-state index in [0.29, 0.717) is 11.4 Å². The van der Waals surface area contributed by atoms with E-state index in [1.54, 1.807) is 31.4 Å². The molecule has 23 heavy (non-hydrogen) atoms. The van der Waals surface area contributed by atoms with E-state index >= 15 is 0 Å². The van der Waals surface area contributed by atoms with E-state index in [4.69, 9.17) is 4.74 Å². The van der Waals surface area contributed by atoms with E-state index in [-0.39, 0.29) is 24.3 Å². The second kappa shape index (κ2) is 6.68. The van der Waals surface area contributed by atoms with Gasteiger partial charge in [0.05, 0.1) is 25.3 Å². The first kappa shape index (κ1) is 16.0. The summed E-state index contributed by atoms with van der Waals surface area (Å²) in [4.78, 5) is 31.0. The number of imide groups is 1. The minimum absolute atomic E-state index is 0.117. The number of piperazine rings is 1. The van der Waals surface area contributed by atoms with Gasteiger partial charge in [0.25, 0.3) is 5.91 Å². The molecule has 2 amide bonds. The fourth-order valence-electron chi connectivity index (χ4n) is 3.31. The van der Waals surface area contributed by atoms with Crippen LogP contribution in [-0.2, 0) is 9.59 Å². The van der Waals surface area contributed by atoms with E-state index in [1.165, 1.54) is 4.90 Å². The van der Waals surface area contributed by atoms with Gasteiger partial charge in [-0.05, 0) is 18.7 Å².